The van der Waals surface area contributed by atoms with Gasteiger partial charge in [-0.15, -0.1) is 0 Å². The molecule has 0 aliphatic heterocycles. The number of rotatable bonds is 5. The van der Waals surface area contributed by atoms with Crippen LogP contribution in [0.3, 0.4) is 0 Å². The molecular weight excluding hydrogens is 355 g/mol. The van der Waals surface area contributed by atoms with Gasteiger partial charge in [-0.05, 0) is 35.2 Å². The van der Waals surface area contributed by atoms with Crippen molar-refractivity contribution in [3.8, 4) is 22.4 Å². The van der Waals surface area contributed by atoms with Gasteiger partial charge in [-0.3, -0.25) is 4.98 Å². The molecule has 3 rings (SSSR count). The molecule has 1 heterocycles. The molecular formula is C18H17FN4O2S. The molecule has 0 bridgehead atoms. The minimum Gasteiger partial charge on any atom is -0.382 e. The molecule has 3 aromatic rings. The van der Waals surface area contributed by atoms with Gasteiger partial charge in [0.15, 0.2) is 0 Å². The van der Waals surface area contributed by atoms with Crippen LogP contribution in [0.2, 0.25) is 0 Å². The largest absolute Gasteiger partial charge is 0.382 e. The van der Waals surface area contributed by atoms with Gasteiger partial charge in [0.2, 0.25) is 10.9 Å². The molecule has 0 unspecified atom stereocenters. The maximum Gasteiger partial charge on any atom is 0.201 e. The molecule has 0 aliphatic rings. The van der Waals surface area contributed by atoms with E-state index in [0.717, 1.165) is 11.1 Å². The molecule has 0 radical (unpaired) electrons. The lowest BCUT2D eigenvalue weighted by Gasteiger charge is -2.14. The molecule has 1 aromatic heterocycles. The summed E-state index contributed by atoms with van der Waals surface area (Å²) >= 11 is 0. The summed E-state index contributed by atoms with van der Waals surface area (Å²) in [6.07, 6.45) is 2.80. The molecule has 0 amide bonds. The van der Waals surface area contributed by atoms with E-state index in [9.17, 15) is 12.8 Å². The number of benzene rings is 2. The van der Waals surface area contributed by atoms with Crippen LogP contribution in [0.25, 0.3) is 22.4 Å². The Bertz CT molecular complexity index is 1010. The molecule has 0 fully saturated rings. The smallest absolute Gasteiger partial charge is 0.201 e. The van der Waals surface area contributed by atoms with Crippen LogP contribution in [0.15, 0.2) is 48.8 Å². The Kier molecular flexibility index (Phi) is 5.24. The first-order chi connectivity index (χ1) is 12.5. The molecule has 26 heavy (non-hydrogen) atoms. The summed E-state index contributed by atoms with van der Waals surface area (Å²) in [6.45, 7) is 1.82. The van der Waals surface area contributed by atoms with E-state index >= 15 is 0 Å². The summed E-state index contributed by atoms with van der Waals surface area (Å²) in [5, 5.41) is 0. The maximum absolute atomic E-state index is 15.0. The Balaban J connectivity index is 2.05. The lowest BCUT2D eigenvalue weighted by molar-refractivity contribution is 0.601. The second-order valence-electron chi connectivity index (χ2n) is 5.68. The van der Waals surface area contributed by atoms with Crippen molar-refractivity contribution < 1.29 is 12.8 Å². The van der Waals surface area contributed by atoms with E-state index < -0.39 is 16.7 Å². The van der Waals surface area contributed by atoms with Gasteiger partial charge < -0.3 is 5.73 Å². The van der Waals surface area contributed by atoms with E-state index in [4.69, 9.17) is 5.73 Å². The van der Waals surface area contributed by atoms with Gasteiger partial charge >= 0.3 is 0 Å². The SMILES string of the molecule is Cc1c(-c2ccccc2CN[SH](=O)=O)ccc(-c2cnc(N)cn2)c1F. The lowest BCUT2D eigenvalue weighted by atomic mass is 9.93. The Hall–Kier alpha value is -2.84. The zero-order valence-corrected chi connectivity index (χ0v) is 14.8. The monoisotopic (exact) mass is 372 g/mol. The molecule has 0 saturated heterocycles. The molecule has 3 N–H and O–H groups in total. The maximum atomic E-state index is 15.0. The van der Waals surface area contributed by atoms with Crippen molar-refractivity contribution in [1.82, 2.24) is 14.7 Å². The fourth-order valence-corrected chi connectivity index (χ4v) is 3.04. The highest BCUT2D eigenvalue weighted by molar-refractivity contribution is 7.70. The molecule has 0 spiro atoms. The van der Waals surface area contributed by atoms with Crippen LogP contribution < -0.4 is 10.5 Å². The van der Waals surface area contributed by atoms with Crippen molar-refractivity contribution in [3.05, 3.63) is 65.7 Å². The summed E-state index contributed by atoms with van der Waals surface area (Å²) in [7, 11) is -2.71. The van der Waals surface area contributed by atoms with Crippen LogP contribution in [-0.2, 0) is 17.4 Å². The fourth-order valence-electron chi connectivity index (χ4n) is 2.74. The number of nitrogens with zero attached hydrogens (tertiary/aromatic N) is 2. The number of halogens is 1. The number of aromatic nitrogens is 2. The third-order valence-electron chi connectivity index (χ3n) is 4.04. The normalized spacial score (nSPS) is 11.0. The second kappa shape index (κ2) is 7.59. The predicted octanol–water partition coefficient (Wildman–Crippen LogP) is 2.46. The van der Waals surface area contributed by atoms with Gasteiger partial charge in [0.05, 0.1) is 18.1 Å². The summed E-state index contributed by atoms with van der Waals surface area (Å²) < 4.78 is 39.0. The molecule has 0 aliphatic carbocycles. The van der Waals surface area contributed by atoms with Crippen LogP contribution in [0.4, 0.5) is 10.2 Å². The van der Waals surface area contributed by atoms with Crippen molar-refractivity contribution in [2.45, 2.75) is 13.5 Å². The van der Waals surface area contributed by atoms with E-state index in [0.29, 0.717) is 22.4 Å². The van der Waals surface area contributed by atoms with Crippen LogP contribution in [0, 0.1) is 12.7 Å². The summed E-state index contributed by atoms with van der Waals surface area (Å²) in [6, 6.07) is 10.7. The third-order valence-corrected chi connectivity index (χ3v) is 4.46. The molecule has 0 atom stereocenters. The Morgan fingerprint density at radius 1 is 1.04 bits per heavy atom. The summed E-state index contributed by atoms with van der Waals surface area (Å²) in [5.74, 6) is -0.139. The zero-order valence-electron chi connectivity index (χ0n) is 13.9. The number of nitrogens with two attached hydrogens (primary N) is 1. The number of hydrogen-bond acceptors (Lipinski definition) is 5. The van der Waals surface area contributed by atoms with Gasteiger partial charge in [0.1, 0.15) is 11.6 Å². The standard InChI is InChI=1S/C18H17FN4O2S/c1-11-13(14-5-3-2-4-12(14)8-23-26(24)25)6-7-15(18(11)19)16-9-22-17(20)10-21-16/h2-7,9-10,26H,8H2,1H3,(H2,20,22)(H,23,24,25). The highest BCUT2D eigenvalue weighted by Gasteiger charge is 2.15. The predicted molar refractivity (Wildman–Crippen MR) is 99.2 cm³/mol. The van der Waals surface area contributed by atoms with E-state index in [2.05, 4.69) is 14.7 Å². The average Bonchev–Trinajstić information content (AvgIpc) is 2.63. The average molecular weight is 372 g/mol. The minimum absolute atomic E-state index is 0.140. The van der Waals surface area contributed by atoms with Crippen molar-refractivity contribution in [3.63, 3.8) is 0 Å². The van der Waals surface area contributed by atoms with Crippen LogP contribution in [0.1, 0.15) is 11.1 Å². The number of hydrogen-bond donors (Lipinski definition) is 3. The number of nitrogen functional groups attached to an aromatic ring is 1. The van der Waals surface area contributed by atoms with Gasteiger partial charge in [-0.1, -0.05) is 30.3 Å². The summed E-state index contributed by atoms with van der Waals surface area (Å²) in [4.78, 5) is 8.06. The van der Waals surface area contributed by atoms with E-state index in [1.165, 1.54) is 12.4 Å². The molecule has 8 heteroatoms. The highest BCUT2D eigenvalue weighted by Crippen LogP contribution is 2.32. The molecule has 0 saturated carbocycles. The molecule has 2 aromatic carbocycles. The van der Waals surface area contributed by atoms with Gasteiger partial charge in [0.25, 0.3) is 0 Å². The third kappa shape index (κ3) is 3.71. The second-order valence-corrected chi connectivity index (χ2v) is 6.51. The summed E-state index contributed by atoms with van der Waals surface area (Å²) in [5.41, 5.74) is 8.90. The number of anilines is 1. The van der Waals surface area contributed by atoms with Gasteiger partial charge in [0, 0.05) is 12.1 Å². The topological polar surface area (TPSA) is 98.0 Å². The van der Waals surface area contributed by atoms with Crippen LogP contribution >= 0.6 is 0 Å². The van der Waals surface area contributed by atoms with Gasteiger partial charge in [-0.2, -0.15) is 0 Å². The van der Waals surface area contributed by atoms with Crippen molar-refractivity contribution in [1.29, 1.82) is 0 Å². The van der Waals surface area contributed by atoms with E-state index in [1.54, 1.807) is 25.1 Å². The van der Waals surface area contributed by atoms with E-state index in [-0.39, 0.29) is 12.4 Å². The Morgan fingerprint density at radius 2 is 1.77 bits per heavy atom. The highest BCUT2D eigenvalue weighted by atomic mass is 32.2. The van der Waals surface area contributed by atoms with Crippen molar-refractivity contribution >= 4 is 16.7 Å². The Morgan fingerprint density at radius 3 is 2.46 bits per heavy atom. The van der Waals surface area contributed by atoms with Crippen molar-refractivity contribution in [2.24, 2.45) is 0 Å². The van der Waals surface area contributed by atoms with Crippen molar-refractivity contribution in [2.75, 3.05) is 5.73 Å². The first-order valence-electron chi connectivity index (χ1n) is 7.80. The van der Waals surface area contributed by atoms with E-state index in [1.807, 2.05) is 18.2 Å². The zero-order chi connectivity index (χ0) is 18.7. The molecule has 134 valence electrons. The van der Waals surface area contributed by atoms with Crippen LogP contribution in [0.5, 0.6) is 0 Å². The quantitative estimate of drug-likeness (QED) is 0.598. The minimum atomic E-state index is -2.71. The number of thiol groups is 1. The fraction of sp³-hybridized carbons (Fsp3) is 0.111. The van der Waals surface area contributed by atoms with Gasteiger partial charge in [-0.25, -0.2) is 22.5 Å². The lowest BCUT2D eigenvalue weighted by Crippen LogP contribution is -2.11. The first kappa shape index (κ1) is 18.0. The Labute approximate surface area is 152 Å². The molecule has 6 nitrogen and oxygen atoms in total. The number of nitrogens with one attached hydrogen (secondary N) is 1. The van der Waals surface area contributed by atoms with Crippen LogP contribution in [-0.4, -0.2) is 18.4 Å². The first-order valence-corrected chi connectivity index (χ1v) is 8.98.